The Balaban J connectivity index is 1.47. The first-order valence-electron chi connectivity index (χ1n) is 11.4. The molecule has 9 heteroatoms. The Labute approximate surface area is 183 Å². The number of carbonyl (C=O) groups is 2. The first-order valence-corrected chi connectivity index (χ1v) is 11.4. The van der Waals surface area contributed by atoms with Crippen molar-refractivity contribution < 1.29 is 33.9 Å². The lowest BCUT2D eigenvalue weighted by atomic mass is 9.61. The monoisotopic (exact) mass is 440 g/mol. The number of nitrogens with zero attached hydrogens (tertiary/aromatic N) is 1. The van der Waals surface area contributed by atoms with Crippen LogP contribution in [0.5, 0.6) is 0 Å². The van der Waals surface area contributed by atoms with E-state index in [2.05, 4.69) is 19.2 Å². The molecule has 0 aromatic heterocycles. The second kappa shape index (κ2) is 8.17. The van der Waals surface area contributed by atoms with Gasteiger partial charge in [-0.3, -0.25) is 4.79 Å². The minimum absolute atomic E-state index is 0.0230. The van der Waals surface area contributed by atoms with Crippen molar-refractivity contribution in [3.63, 3.8) is 0 Å². The van der Waals surface area contributed by atoms with E-state index >= 15 is 0 Å². The SMILES string of the molecule is CNC(=O)C1(C)CN(C(=O)O[C@H]2O[C@@H]3O[C@](C)(OO)CC[C@@H]4C3[C@@H](CC[C@H]4C)[C@H]2C)C1. The zero-order valence-electron chi connectivity index (χ0n) is 19.1. The third-order valence-electron chi connectivity index (χ3n) is 8.18. The van der Waals surface area contributed by atoms with Crippen molar-refractivity contribution in [2.75, 3.05) is 20.1 Å². The fourth-order valence-electron chi connectivity index (χ4n) is 6.19. The summed E-state index contributed by atoms with van der Waals surface area (Å²) >= 11 is 0. The third kappa shape index (κ3) is 3.94. The van der Waals surface area contributed by atoms with Gasteiger partial charge in [0.1, 0.15) is 0 Å². The van der Waals surface area contributed by atoms with Crippen LogP contribution >= 0.6 is 0 Å². The molecule has 4 rings (SSSR count). The molecule has 31 heavy (non-hydrogen) atoms. The van der Waals surface area contributed by atoms with Gasteiger partial charge in [0.05, 0.1) is 5.41 Å². The van der Waals surface area contributed by atoms with Crippen molar-refractivity contribution in [2.45, 2.75) is 71.7 Å². The highest BCUT2D eigenvalue weighted by molar-refractivity contribution is 5.85. The fraction of sp³-hybridized carbons (Fsp3) is 0.909. The Bertz CT molecular complexity index is 712. The average Bonchev–Trinajstić information content (AvgIpc) is 2.87. The topological polar surface area (TPSA) is 107 Å². The highest BCUT2D eigenvalue weighted by Gasteiger charge is 2.56. The van der Waals surface area contributed by atoms with E-state index in [-0.39, 0.29) is 17.7 Å². The summed E-state index contributed by atoms with van der Waals surface area (Å²) in [5.74, 6) is 0.204. The predicted octanol–water partition coefficient (Wildman–Crippen LogP) is 2.80. The Morgan fingerprint density at radius 1 is 1.13 bits per heavy atom. The summed E-state index contributed by atoms with van der Waals surface area (Å²) in [6, 6.07) is 0. The van der Waals surface area contributed by atoms with Gasteiger partial charge < -0.3 is 24.4 Å². The van der Waals surface area contributed by atoms with Gasteiger partial charge in [0.2, 0.25) is 18.0 Å². The second-order valence-corrected chi connectivity index (χ2v) is 10.5. The van der Waals surface area contributed by atoms with E-state index in [9.17, 15) is 14.8 Å². The quantitative estimate of drug-likeness (QED) is 0.513. The largest absolute Gasteiger partial charge is 0.419 e. The second-order valence-electron chi connectivity index (χ2n) is 10.5. The van der Waals surface area contributed by atoms with E-state index < -0.39 is 29.9 Å². The number of ether oxygens (including phenoxy) is 3. The zero-order valence-corrected chi connectivity index (χ0v) is 19.1. The number of nitrogens with one attached hydrogen (secondary N) is 1. The number of rotatable bonds is 3. The molecule has 3 aliphatic heterocycles. The highest BCUT2D eigenvalue weighted by Crippen LogP contribution is 2.53. The van der Waals surface area contributed by atoms with E-state index in [0.29, 0.717) is 37.3 Å². The van der Waals surface area contributed by atoms with Crippen molar-refractivity contribution in [3.8, 4) is 0 Å². The van der Waals surface area contributed by atoms with Gasteiger partial charge in [-0.25, -0.2) is 14.9 Å². The average molecular weight is 441 g/mol. The molecule has 4 fully saturated rings. The molecule has 0 bridgehead atoms. The van der Waals surface area contributed by atoms with Gasteiger partial charge >= 0.3 is 6.09 Å². The molecule has 0 aromatic carbocycles. The zero-order chi connectivity index (χ0) is 22.6. The van der Waals surface area contributed by atoms with Crippen LogP contribution in [0.15, 0.2) is 0 Å². The Hall–Kier alpha value is -1.42. The maximum atomic E-state index is 12.8. The maximum absolute atomic E-state index is 12.8. The lowest BCUT2D eigenvalue weighted by Gasteiger charge is -2.52. The van der Waals surface area contributed by atoms with Crippen LogP contribution in [0.3, 0.4) is 0 Å². The summed E-state index contributed by atoms with van der Waals surface area (Å²) in [7, 11) is 1.59. The van der Waals surface area contributed by atoms with Crippen molar-refractivity contribution in [1.29, 1.82) is 0 Å². The third-order valence-corrected chi connectivity index (χ3v) is 8.18. The van der Waals surface area contributed by atoms with Gasteiger partial charge in [0, 0.05) is 38.4 Å². The van der Waals surface area contributed by atoms with Gasteiger partial charge in [-0.05, 0) is 44.4 Å². The molecule has 3 saturated heterocycles. The van der Waals surface area contributed by atoms with Gasteiger partial charge in [-0.2, -0.15) is 0 Å². The predicted molar refractivity (Wildman–Crippen MR) is 109 cm³/mol. The molecule has 1 unspecified atom stereocenters. The summed E-state index contributed by atoms with van der Waals surface area (Å²) < 4.78 is 18.1. The summed E-state index contributed by atoms with van der Waals surface area (Å²) in [6.45, 7) is 8.52. The lowest BCUT2D eigenvalue weighted by molar-refractivity contribution is -0.442. The Morgan fingerprint density at radius 2 is 1.84 bits per heavy atom. The molecular formula is C22H36N2O7. The highest BCUT2D eigenvalue weighted by atomic mass is 17.1. The van der Waals surface area contributed by atoms with E-state index in [1.54, 1.807) is 14.0 Å². The van der Waals surface area contributed by atoms with Crippen LogP contribution in [-0.4, -0.2) is 60.7 Å². The first kappa shape index (κ1) is 22.8. The number of likely N-dealkylation sites (tertiary alicyclic amines) is 1. The van der Waals surface area contributed by atoms with Gasteiger partial charge in [-0.1, -0.05) is 20.3 Å². The van der Waals surface area contributed by atoms with Crippen LogP contribution in [0, 0.1) is 35.0 Å². The van der Waals surface area contributed by atoms with Crippen molar-refractivity contribution in [3.05, 3.63) is 0 Å². The lowest BCUT2D eigenvalue weighted by Crippen LogP contribution is -2.63. The van der Waals surface area contributed by atoms with Gasteiger partial charge in [0.25, 0.3) is 0 Å². The molecule has 1 aliphatic carbocycles. The van der Waals surface area contributed by atoms with Crippen LogP contribution in [0.2, 0.25) is 0 Å². The van der Waals surface area contributed by atoms with Gasteiger partial charge in [-0.15, -0.1) is 0 Å². The molecule has 3 heterocycles. The minimum atomic E-state index is -1.14. The summed E-state index contributed by atoms with van der Waals surface area (Å²) in [4.78, 5) is 31.0. The molecule has 1 saturated carbocycles. The van der Waals surface area contributed by atoms with Crippen molar-refractivity contribution in [2.24, 2.45) is 35.0 Å². The van der Waals surface area contributed by atoms with Crippen LogP contribution in [0.25, 0.3) is 0 Å². The van der Waals surface area contributed by atoms with Crippen LogP contribution in [-0.2, 0) is 23.9 Å². The minimum Gasteiger partial charge on any atom is -0.419 e. The smallest absolute Gasteiger partial charge is 0.412 e. The summed E-state index contributed by atoms with van der Waals surface area (Å²) in [6.07, 6.45) is 1.76. The van der Waals surface area contributed by atoms with E-state index in [4.69, 9.17) is 19.1 Å². The van der Waals surface area contributed by atoms with Crippen LogP contribution in [0.1, 0.15) is 53.4 Å². The fourth-order valence-corrected chi connectivity index (χ4v) is 6.19. The molecule has 0 spiro atoms. The maximum Gasteiger partial charge on any atom is 0.412 e. The molecule has 2 amide bonds. The van der Waals surface area contributed by atoms with E-state index in [1.807, 2.05) is 6.92 Å². The molecule has 0 radical (unpaired) electrons. The van der Waals surface area contributed by atoms with Crippen LogP contribution < -0.4 is 5.32 Å². The molecule has 2 N–H and O–H groups in total. The molecule has 9 nitrogen and oxygen atoms in total. The van der Waals surface area contributed by atoms with E-state index in [1.165, 1.54) is 4.90 Å². The number of carbonyl (C=O) groups excluding carboxylic acids is 2. The first-order chi connectivity index (χ1) is 14.6. The summed E-state index contributed by atoms with van der Waals surface area (Å²) in [5.41, 5.74) is -0.588. The van der Waals surface area contributed by atoms with Crippen molar-refractivity contribution >= 4 is 12.0 Å². The van der Waals surface area contributed by atoms with E-state index in [0.717, 1.165) is 19.3 Å². The molecule has 176 valence electrons. The van der Waals surface area contributed by atoms with Crippen molar-refractivity contribution in [1.82, 2.24) is 10.2 Å². The number of hydrogen-bond acceptors (Lipinski definition) is 7. The number of amides is 2. The molecule has 8 atom stereocenters. The Morgan fingerprint density at radius 3 is 2.48 bits per heavy atom. The Kier molecular flexibility index (Phi) is 6.00. The standard InChI is InChI=1S/C22H36N2O7/c1-12-6-7-15-13(2)17(29-20(26)24-10-21(3,11-24)19(25)23-5)28-18-16(15)14(12)8-9-22(4,30-18)31-27/h12-18,27H,6-11H2,1-5H3,(H,23,25)/t12-,13-,14+,15+,16?,17-,18-,22-/m1/s1. The molecule has 0 aromatic rings. The normalized spacial score (nSPS) is 43.8. The summed E-state index contributed by atoms with van der Waals surface area (Å²) in [5, 5.41) is 12.1. The molecule has 4 aliphatic rings. The van der Waals surface area contributed by atoms with Crippen LogP contribution in [0.4, 0.5) is 4.79 Å². The van der Waals surface area contributed by atoms with Gasteiger partial charge in [0.15, 0.2) is 6.29 Å². The number of hydrogen-bond donors (Lipinski definition) is 2. The molecular weight excluding hydrogens is 404 g/mol.